The lowest BCUT2D eigenvalue weighted by atomic mass is 10.0. The van der Waals surface area contributed by atoms with Gasteiger partial charge in [-0.15, -0.1) is 0 Å². The molecule has 2 saturated heterocycles. The molecule has 0 N–H and O–H groups in total. The number of rotatable bonds is 8. The highest BCUT2D eigenvalue weighted by Crippen LogP contribution is 2.36. The summed E-state index contributed by atoms with van der Waals surface area (Å²) in [6, 6.07) is 27.6. The Labute approximate surface area is 213 Å². The molecule has 5 rings (SSSR count). The molecule has 0 radical (unpaired) electrons. The molecular formula is C28H33N3O4S. The van der Waals surface area contributed by atoms with E-state index in [0.717, 1.165) is 36.5 Å². The summed E-state index contributed by atoms with van der Waals surface area (Å²) in [5.74, 6) is 0.748. The Morgan fingerprint density at radius 1 is 0.833 bits per heavy atom. The smallest absolute Gasteiger partial charge is 0.221 e. The second-order valence-corrected chi connectivity index (χ2v) is 11.5. The second-order valence-electron chi connectivity index (χ2n) is 9.37. The highest BCUT2D eigenvalue weighted by Gasteiger charge is 2.46. The molecule has 190 valence electrons. The van der Waals surface area contributed by atoms with Crippen molar-refractivity contribution in [2.24, 2.45) is 0 Å². The molecule has 3 aromatic rings. The van der Waals surface area contributed by atoms with E-state index >= 15 is 0 Å². The van der Waals surface area contributed by atoms with Crippen molar-refractivity contribution in [3.05, 3.63) is 102 Å². The number of hydroxylamine groups is 2. The molecule has 0 aliphatic carbocycles. The minimum Gasteiger partial charge on any atom is -0.489 e. The number of sulfonamides is 1. The number of piperazine rings is 1. The van der Waals surface area contributed by atoms with E-state index in [1.54, 1.807) is 16.4 Å². The molecule has 0 aromatic heterocycles. The quantitative estimate of drug-likeness (QED) is 0.463. The lowest BCUT2D eigenvalue weighted by Gasteiger charge is -2.36. The number of hydrogen-bond donors (Lipinski definition) is 0. The Morgan fingerprint density at radius 2 is 1.44 bits per heavy atom. The predicted molar refractivity (Wildman–Crippen MR) is 140 cm³/mol. The monoisotopic (exact) mass is 507 g/mol. The number of ether oxygens (including phenoxy) is 1. The van der Waals surface area contributed by atoms with Gasteiger partial charge in [-0.1, -0.05) is 72.8 Å². The lowest BCUT2D eigenvalue weighted by Crippen LogP contribution is -2.51. The van der Waals surface area contributed by atoms with Crippen LogP contribution in [0.25, 0.3) is 0 Å². The Bertz CT molecular complexity index is 1210. The van der Waals surface area contributed by atoms with Gasteiger partial charge >= 0.3 is 0 Å². The fourth-order valence-electron chi connectivity index (χ4n) is 4.95. The average molecular weight is 508 g/mol. The van der Waals surface area contributed by atoms with Crippen molar-refractivity contribution in [3.8, 4) is 5.75 Å². The maximum absolute atomic E-state index is 13.7. The van der Waals surface area contributed by atoms with Crippen LogP contribution in [0.3, 0.4) is 0 Å². The largest absolute Gasteiger partial charge is 0.489 e. The van der Waals surface area contributed by atoms with Gasteiger partial charge in [0.15, 0.2) is 0 Å². The molecule has 2 aliphatic heterocycles. The zero-order chi connectivity index (χ0) is 25.0. The van der Waals surface area contributed by atoms with E-state index in [2.05, 4.69) is 17.0 Å². The van der Waals surface area contributed by atoms with Crippen LogP contribution in [0.1, 0.15) is 22.7 Å². The number of nitrogens with zero attached hydrogens (tertiary/aromatic N) is 3. The van der Waals surface area contributed by atoms with E-state index in [1.165, 1.54) is 5.56 Å². The van der Waals surface area contributed by atoms with Gasteiger partial charge in [0.2, 0.25) is 10.0 Å². The lowest BCUT2D eigenvalue weighted by molar-refractivity contribution is -0.110. The van der Waals surface area contributed by atoms with Gasteiger partial charge in [-0.3, -0.25) is 9.74 Å². The normalized spacial score (nSPS) is 22.0. The summed E-state index contributed by atoms with van der Waals surface area (Å²) in [5.41, 5.74) is 3.25. The van der Waals surface area contributed by atoms with Crippen LogP contribution in [-0.4, -0.2) is 67.8 Å². The molecule has 2 atom stereocenters. The Hall–Kier alpha value is -2.75. The van der Waals surface area contributed by atoms with E-state index < -0.39 is 15.3 Å². The van der Waals surface area contributed by atoms with E-state index in [-0.39, 0.29) is 12.6 Å². The molecule has 2 heterocycles. The van der Waals surface area contributed by atoms with Crippen LogP contribution in [0.15, 0.2) is 84.9 Å². The van der Waals surface area contributed by atoms with Gasteiger partial charge in [-0.2, -0.15) is 9.37 Å². The van der Waals surface area contributed by atoms with Crippen molar-refractivity contribution in [3.63, 3.8) is 0 Å². The van der Waals surface area contributed by atoms with Gasteiger partial charge in [0.1, 0.15) is 17.6 Å². The molecule has 2 unspecified atom stereocenters. The molecule has 0 saturated carbocycles. The first kappa shape index (κ1) is 24.9. The fourth-order valence-corrected chi connectivity index (χ4v) is 6.89. The molecule has 2 fully saturated rings. The summed E-state index contributed by atoms with van der Waals surface area (Å²) >= 11 is 0. The molecule has 2 aliphatic rings. The molecule has 8 heteroatoms. The van der Waals surface area contributed by atoms with Crippen LogP contribution in [-0.2, 0) is 28.0 Å². The van der Waals surface area contributed by atoms with Crippen molar-refractivity contribution in [2.45, 2.75) is 24.4 Å². The number of benzene rings is 3. The summed E-state index contributed by atoms with van der Waals surface area (Å²) in [7, 11) is -1.73. The molecule has 0 spiro atoms. The minimum atomic E-state index is -3.54. The van der Waals surface area contributed by atoms with Crippen molar-refractivity contribution in [1.29, 1.82) is 0 Å². The van der Waals surface area contributed by atoms with E-state index in [4.69, 9.17) is 9.57 Å². The van der Waals surface area contributed by atoms with Crippen molar-refractivity contribution in [1.82, 2.24) is 14.3 Å². The first-order chi connectivity index (χ1) is 17.5. The molecule has 36 heavy (non-hydrogen) atoms. The summed E-state index contributed by atoms with van der Waals surface area (Å²) in [6.45, 7) is 3.90. The van der Waals surface area contributed by atoms with Gasteiger partial charge in [0, 0.05) is 39.8 Å². The molecule has 0 amide bonds. The van der Waals surface area contributed by atoms with Gasteiger partial charge in [-0.05, 0) is 28.8 Å². The zero-order valence-corrected chi connectivity index (χ0v) is 21.4. The SMILES string of the molecule is CN1OCC(S(=O)(=O)N2CCN(Cc3ccccc3)CC2)C1c1ccc(OCc2ccccc2)cc1. The Morgan fingerprint density at radius 3 is 2.08 bits per heavy atom. The highest BCUT2D eigenvalue weighted by atomic mass is 32.2. The van der Waals surface area contributed by atoms with E-state index in [0.29, 0.717) is 19.7 Å². The topological polar surface area (TPSA) is 62.3 Å². The third-order valence-electron chi connectivity index (χ3n) is 6.98. The fraction of sp³-hybridized carbons (Fsp3) is 0.357. The van der Waals surface area contributed by atoms with Crippen molar-refractivity contribution < 1.29 is 18.0 Å². The minimum absolute atomic E-state index is 0.153. The van der Waals surface area contributed by atoms with Crippen LogP contribution in [0.5, 0.6) is 5.75 Å². The van der Waals surface area contributed by atoms with Crippen molar-refractivity contribution >= 4 is 10.0 Å². The molecular weight excluding hydrogens is 474 g/mol. The average Bonchev–Trinajstić information content (AvgIpc) is 3.31. The summed E-state index contributed by atoms with van der Waals surface area (Å²) < 4.78 is 34.9. The van der Waals surface area contributed by atoms with Gasteiger partial charge in [0.05, 0.1) is 12.6 Å². The van der Waals surface area contributed by atoms with Crippen LogP contribution in [0.4, 0.5) is 0 Å². The van der Waals surface area contributed by atoms with Gasteiger partial charge < -0.3 is 4.74 Å². The predicted octanol–water partition coefficient (Wildman–Crippen LogP) is 3.70. The Kier molecular flexibility index (Phi) is 7.69. The standard InChI is InChI=1S/C28H33N3O4S/c1-29-28(25-12-14-26(15-13-25)34-21-24-10-6-3-7-11-24)27(22-35-29)36(32,33)31-18-16-30(17-19-31)20-23-8-4-2-5-9-23/h2-15,27-28H,16-22H2,1H3. The highest BCUT2D eigenvalue weighted by molar-refractivity contribution is 7.89. The van der Waals surface area contributed by atoms with E-state index in [1.807, 2.05) is 72.8 Å². The Balaban J connectivity index is 1.22. The maximum Gasteiger partial charge on any atom is 0.221 e. The summed E-state index contributed by atoms with van der Waals surface area (Å²) in [4.78, 5) is 8.04. The maximum atomic E-state index is 13.7. The first-order valence-corrected chi connectivity index (χ1v) is 13.9. The third kappa shape index (κ3) is 5.63. The summed E-state index contributed by atoms with van der Waals surface area (Å²) in [6.07, 6.45) is 0. The van der Waals surface area contributed by atoms with Crippen LogP contribution in [0.2, 0.25) is 0 Å². The van der Waals surface area contributed by atoms with Gasteiger partial charge in [0.25, 0.3) is 0 Å². The zero-order valence-electron chi connectivity index (χ0n) is 20.6. The second kappa shape index (κ2) is 11.1. The molecule has 3 aromatic carbocycles. The van der Waals surface area contributed by atoms with Gasteiger partial charge in [-0.25, -0.2) is 8.42 Å². The summed E-state index contributed by atoms with van der Waals surface area (Å²) in [5, 5.41) is 1.02. The van der Waals surface area contributed by atoms with Crippen LogP contribution >= 0.6 is 0 Å². The number of hydrogen-bond acceptors (Lipinski definition) is 6. The third-order valence-corrected chi connectivity index (χ3v) is 9.22. The van der Waals surface area contributed by atoms with Crippen LogP contribution < -0.4 is 4.74 Å². The van der Waals surface area contributed by atoms with E-state index in [9.17, 15) is 8.42 Å². The molecule has 0 bridgehead atoms. The van der Waals surface area contributed by atoms with Crippen LogP contribution in [0, 0.1) is 0 Å². The van der Waals surface area contributed by atoms with Crippen molar-refractivity contribution in [2.75, 3.05) is 39.8 Å². The molecule has 7 nitrogen and oxygen atoms in total. The first-order valence-electron chi connectivity index (χ1n) is 12.4.